The standard InChI is InChI=1S/C26H24/c1-18-16-19(2)23-14-15-24(25(23)20(3)17-18)26(21-10-6-4-7-11-21)22-12-8-5-9-13-22/h4-17,26H,1-3H3. The van der Waals surface area contributed by atoms with E-state index in [2.05, 4.69) is 106 Å². The second kappa shape index (κ2) is 6.80. The Morgan fingerprint density at radius 3 is 1.69 bits per heavy atom. The fourth-order valence-electron chi connectivity index (χ4n) is 4.22. The van der Waals surface area contributed by atoms with Crippen LogP contribution in [-0.2, 0) is 0 Å². The number of hydrogen-bond acceptors (Lipinski definition) is 0. The minimum absolute atomic E-state index is 0.246. The Hall–Kier alpha value is -2.86. The van der Waals surface area contributed by atoms with Crippen LogP contribution < -0.4 is 0 Å². The first-order chi connectivity index (χ1) is 12.6. The molecule has 0 aliphatic heterocycles. The lowest BCUT2D eigenvalue weighted by molar-refractivity contribution is 0.984. The van der Waals surface area contributed by atoms with Crippen molar-refractivity contribution in [3.8, 4) is 11.1 Å². The van der Waals surface area contributed by atoms with E-state index in [1.807, 2.05) is 0 Å². The van der Waals surface area contributed by atoms with Crippen LogP contribution in [0.1, 0.15) is 39.3 Å². The molecule has 4 rings (SSSR count). The second-order valence-corrected chi connectivity index (χ2v) is 7.23. The van der Waals surface area contributed by atoms with Crippen molar-refractivity contribution < 1.29 is 0 Å². The van der Waals surface area contributed by atoms with Crippen molar-refractivity contribution in [2.45, 2.75) is 26.7 Å². The van der Waals surface area contributed by atoms with Gasteiger partial charge in [0.25, 0.3) is 0 Å². The van der Waals surface area contributed by atoms with E-state index in [0.717, 1.165) is 0 Å². The SMILES string of the molecule is Cc1cc(C)c2ccc(C(c3ccccc3)c3ccccc3)c-2c(C)c1. The molecular weight excluding hydrogens is 312 g/mol. The van der Waals surface area contributed by atoms with Crippen LogP contribution in [0.25, 0.3) is 11.1 Å². The number of aryl methyl sites for hydroxylation is 3. The van der Waals surface area contributed by atoms with E-state index in [1.54, 1.807) is 0 Å². The molecule has 0 spiro atoms. The van der Waals surface area contributed by atoms with Gasteiger partial charge in [0.05, 0.1) is 0 Å². The van der Waals surface area contributed by atoms with Crippen molar-refractivity contribution in [2.24, 2.45) is 0 Å². The fraction of sp³-hybridized carbons (Fsp3) is 0.154. The Balaban J connectivity index is 2.00. The highest BCUT2D eigenvalue weighted by Gasteiger charge is 2.23. The highest BCUT2D eigenvalue weighted by molar-refractivity contribution is 5.78. The molecule has 2 aliphatic rings. The summed E-state index contributed by atoms with van der Waals surface area (Å²) in [6.45, 7) is 6.65. The van der Waals surface area contributed by atoms with E-state index in [0.29, 0.717) is 0 Å². The molecule has 0 amide bonds. The zero-order valence-corrected chi connectivity index (χ0v) is 15.7. The van der Waals surface area contributed by atoms with Crippen LogP contribution in [-0.4, -0.2) is 0 Å². The van der Waals surface area contributed by atoms with E-state index in [1.165, 1.54) is 44.5 Å². The topological polar surface area (TPSA) is 0 Å². The molecule has 2 aliphatic carbocycles. The van der Waals surface area contributed by atoms with Gasteiger partial charge in [-0.25, -0.2) is 0 Å². The van der Waals surface area contributed by atoms with Gasteiger partial charge in [0.15, 0.2) is 0 Å². The van der Waals surface area contributed by atoms with E-state index in [4.69, 9.17) is 0 Å². The first-order valence-electron chi connectivity index (χ1n) is 9.25. The van der Waals surface area contributed by atoms with Crippen LogP contribution in [0.2, 0.25) is 0 Å². The third-order valence-corrected chi connectivity index (χ3v) is 5.27. The molecule has 0 atom stereocenters. The molecule has 0 fully saturated rings. The minimum atomic E-state index is 0.246. The van der Waals surface area contributed by atoms with Gasteiger partial charge in [-0.2, -0.15) is 0 Å². The van der Waals surface area contributed by atoms with Crippen molar-refractivity contribution in [3.05, 3.63) is 118 Å². The van der Waals surface area contributed by atoms with Gasteiger partial charge in [0, 0.05) is 5.92 Å². The Kier molecular flexibility index (Phi) is 4.34. The maximum Gasteiger partial charge on any atom is 0.0346 e. The van der Waals surface area contributed by atoms with Crippen LogP contribution in [0.3, 0.4) is 0 Å². The van der Waals surface area contributed by atoms with Gasteiger partial charge in [0.1, 0.15) is 0 Å². The van der Waals surface area contributed by atoms with Gasteiger partial charge in [-0.15, -0.1) is 0 Å². The summed E-state index contributed by atoms with van der Waals surface area (Å²) in [6, 6.07) is 30.9. The third kappa shape index (κ3) is 2.93. The molecule has 0 nitrogen and oxygen atoms in total. The summed E-state index contributed by atoms with van der Waals surface area (Å²) in [6.07, 6.45) is 0. The number of hydrogen-bond donors (Lipinski definition) is 0. The van der Waals surface area contributed by atoms with Crippen LogP contribution >= 0.6 is 0 Å². The first kappa shape index (κ1) is 16.6. The van der Waals surface area contributed by atoms with Gasteiger partial charge < -0.3 is 0 Å². The fourth-order valence-corrected chi connectivity index (χ4v) is 4.22. The molecule has 0 saturated heterocycles. The van der Waals surface area contributed by atoms with Crippen LogP contribution in [0.15, 0.2) is 84.9 Å². The summed E-state index contributed by atoms with van der Waals surface area (Å²) >= 11 is 0. The summed E-state index contributed by atoms with van der Waals surface area (Å²) in [7, 11) is 0. The number of benzene rings is 2. The van der Waals surface area contributed by atoms with Crippen LogP contribution in [0, 0.1) is 20.8 Å². The minimum Gasteiger partial charge on any atom is -0.0622 e. The van der Waals surface area contributed by atoms with E-state index < -0.39 is 0 Å². The van der Waals surface area contributed by atoms with Crippen LogP contribution in [0.5, 0.6) is 0 Å². The molecule has 2 aromatic carbocycles. The van der Waals surface area contributed by atoms with Gasteiger partial charge in [-0.1, -0.05) is 90.5 Å². The van der Waals surface area contributed by atoms with Gasteiger partial charge in [-0.05, 0) is 59.7 Å². The monoisotopic (exact) mass is 336 g/mol. The lowest BCUT2D eigenvalue weighted by Crippen LogP contribution is -2.03. The van der Waals surface area contributed by atoms with Crippen molar-refractivity contribution >= 4 is 0 Å². The van der Waals surface area contributed by atoms with E-state index >= 15 is 0 Å². The molecule has 0 aromatic heterocycles. The Bertz CT molecular complexity index is 957. The summed E-state index contributed by atoms with van der Waals surface area (Å²) in [5.41, 5.74) is 10.8. The zero-order chi connectivity index (χ0) is 18.1. The van der Waals surface area contributed by atoms with Crippen molar-refractivity contribution in [2.75, 3.05) is 0 Å². The normalized spacial score (nSPS) is 11.2. The van der Waals surface area contributed by atoms with Crippen LogP contribution in [0.4, 0.5) is 0 Å². The maximum absolute atomic E-state index is 2.32. The highest BCUT2D eigenvalue weighted by atomic mass is 14.3. The second-order valence-electron chi connectivity index (χ2n) is 7.23. The smallest absolute Gasteiger partial charge is 0.0346 e. The zero-order valence-electron chi connectivity index (χ0n) is 15.7. The Morgan fingerprint density at radius 2 is 1.12 bits per heavy atom. The molecule has 2 aromatic rings. The number of fused-ring (bicyclic) bond motifs is 1. The molecule has 26 heavy (non-hydrogen) atoms. The van der Waals surface area contributed by atoms with Crippen molar-refractivity contribution in [1.29, 1.82) is 0 Å². The summed E-state index contributed by atoms with van der Waals surface area (Å²) in [4.78, 5) is 0. The Morgan fingerprint density at radius 1 is 0.577 bits per heavy atom. The van der Waals surface area contributed by atoms with Gasteiger partial charge in [0.2, 0.25) is 0 Å². The number of rotatable bonds is 3. The first-order valence-corrected chi connectivity index (χ1v) is 9.25. The average molecular weight is 336 g/mol. The van der Waals surface area contributed by atoms with Gasteiger partial charge >= 0.3 is 0 Å². The molecule has 0 heteroatoms. The Labute approximate surface area is 156 Å². The summed E-state index contributed by atoms with van der Waals surface area (Å²) < 4.78 is 0. The lowest BCUT2D eigenvalue weighted by Gasteiger charge is -2.20. The molecule has 0 radical (unpaired) electrons. The van der Waals surface area contributed by atoms with Crippen molar-refractivity contribution in [1.82, 2.24) is 0 Å². The predicted octanol–water partition coefficient (Wildman–Crippen LogP) is 6.90. The molecule has 0 N–H and O–H groups in total. The summed E-state index contributed by atoms with van der Waals surface area (Å²) in [5, 5.41) is 0. The van der Waals surface area contributed by atoms with Gasteiger partial charge in [-0.3, -0.25) is 0 Å². The molecule has 0 heterocycles. The largest absolute Gasteiger partial charge is 0.0622 e. The molecule has 0 saturated carbocycles. The highest BCUT2D eigenvalue weighted by Crippen LogP contribution is 2.42. The van der Waals surface area contributed by atoms with Crippen molar-refractivity contribution in [3.63, 3.8) is 0 Å². The quantitative estimate of drug-likeness (QED) is 0.382. The lowest BCUT2D eigenvalue weighted by atomic mass is 9.83. The maximum atomic E-state index is 2.32. The average Bonchev–Trinajstić information content (AvgIpc) is 3.04. The molecule has 0 bridgehead atoms. The van der Waals surface area contributed by atoms with E-state index in [-0.39, 0.29) is 5.92 Å². The van der Waals surface area contributed by atoms with E-state index in [9.17, 15) is 0 Å². The third-order valence-electron chi connectivity index (χ3n) is 5.27. The molecule has 0 unspecified atom stereocenters. The predicted molar refractivity (Wildman–Crippen MR) is 111 cm³/mol. The summed E-state index contributed by atoms with van der Waals surface area (Å²) in [5.74, 6) is 0.246. The molecular formula is C26H24. The molecule has 128 valence electrons.